The van der Waals surface area contributed by atoms with Crippen molar-refractivity contribution in [1.82, 2.24) is 10.9 Å². The largest absolute Gasteiger partial charge is 0.359 e. The third kappa shape index (κ3) is 3.78. The molecule has 0 aliphatic carbocycles. The van der Waals surface area contributed by atoms with Crippen LogP contribution in [0.4, 0.5) is 4.79 Å². The molecule has 1 aromatic carbocycles. The number of carbonyl (C=O) groups excluding carboxylic acids is 2. The van der Waals surface area contributed by atoms with E-state index in [4.69, 9.17) is 11.6 Å². The molecule has 5 nitrogen and oxygen atoms in total. The van der Waals surface area contributed by atoms with Gasteiger partial charge >= 0.3 is 6.03 Å². The maximum absolute atomic E-state index is 10.9. The summed E-state index contributed by atoms with van der Waals surface area (Å²) in [4.78, 5) is 24.3. The molecule has 0 heterocycles. The molecule has 1 rings (SSSR count). The van der Waals surface area contributed by atoms with Crippen LogP contribution in [0.1, 0.15) is 5.56 Å². The lowest BCUT2D eigenvalue weighted by atomic mass is 10.2. The minimum absolute atomic E-state index is 0.336. The smallest absolute Gasteiger partial charge is 0.277 e. The van der Waals surface area contributed by atoms with Gasteiger partial charge in [0.2, 0.25) is 6.41 Å². The molecule has 0 aliphatic rings. The number of nitrogens with zero attached hydrogens (tertiary/aromatic N) is 1. The van der Waals surface area contributed by atoms with Gasteiger partial charge in [0.1, 0.15) is 0 Å². The van der Waals surface area contributed by atoms with Crippen LogP contribution in [0.25, 0.3) is 0 Å². The lowest BCUT2D eigenvalue weighted by Gasteiger charge is -1.97. The Hall–Kier alpha value is -1.88. The molecule has 0 fully saturated rings. The molecule has 6 heteroatoms. The Bertz CT molecular complexity index is 393. The van der Waals surface area contributed by atoms with E-state index in [9.17, 15) is 9.59 Å². The highest BCUT2D eigenvalue weighted by Crippen LogP contribution is 2.12. The Morgan fingerprint density at radius 1 is 1.40 bits per heavy atom. The quantitative estimate of drug-likeness (QED) is 0.460. The van der Waals surface area contributed by atoms with Gasteiger partial charge in [-0.3, -0.25) is 10.2 Å². The SMILES string of the molecule is O=CNNC(=O)/N=C/c1ccccc1Cl. The van der Waals surface area contributed by atoms with E-state index in [1.165, 1.54) is 6.21 Å². The lowest BCUT2D eigenvalue weighted by molar-refractivity contribution is -0.110. The second-order valence-electron chi connectivity index (χ2n) is 2.47. The van der Waals surface area contributed by atoms with Crippen LogP contribution in [-0.4, -0.2) is 18.7 Å². The van der Waals surface area contributed by atoms with Crippen molar-refractivity contribution >= 4 is 30.3 Å². The summed E-state index contributed by atoms with van der Waals surface area (Å²) in [7, 11) is 0. The third-order valence-corrected chi connectivity index (χ3v) is 1.81. The number of benzene rings is 1. The van der Waals surface area contributed by atoms with Crippen LogP contribution in [0.2, 0.25) is 5.02 Å². The number of hydrogen-bond donors (Lipinski definition) is 2. The summed E-state index contributed by atoms with van der Waals surface area (Å²) in [6.07, 6.45) is 1.65. The van der Waals surface area contributed by atoms with Crippen molar-refractivity contribution in [3.05, 3.63) is 34.9 Å². The van der Waals surface area contributed by atoms with Crippen LogP contribution >= 0.6 is 11.6 Å². The lowest BCUT2D eigenvalue weighted by Crippen LogP contribution is -2.34. The predicted molar refractivity (Wildman–Crippen MR) is 56.8 cm³/mol. The minimum atomic E-state index is -0.679. The maximum Gasteiger partial charge on any atom is 0.359 e. The van der Waals surface area contributed by atoms with Crippen molar-refractivity contribution in [3.63, 3.8) is 0 Å². The number of rotatable bonds is 3. The van der Waals surface area contributed by atoms with Gasteiger partial charge in [-0.1, -0.05) is 29.8 Å². The minimum Gasteiger partial charge on any atom is -0.277 e. The standard InChI is InChI=1S/C9H8ClN3O2/c10-8-4-2-1-3-7(8)5-11-9(15)13-12-6-14/h1-6H,(H,12,14)(H,13,15)/b11-5+. The van der Waals surface area contributed by atoms with E-state index in [2.05, 4.69) is 4.99 Å². The first-order valence-corrected chi connectivity index (χ1v) is 4.39. The molecule has 0 aromatic heterocycles. The van der Waals surface area contributed by atoms with E-state index in [0.717, 1.165) is 0 Å². The molecule has 0 saturated heterocycles. The summed E-state index contributed by atoms with van der Waals surface area (Å²) in [5.41, 5.74) is 4.62. The van der Waals surface area contributed by atoms with Crippen LogP contribution in [-0.2, 0) is 4.79 Å². The first-order chi connectivity index (χ1) is 7.24. The van der Waals surface area contributed by atoms with Crippen LogP contribution in [0, 0.1) is 0 Å². The van der Waals surface area contributed by atoms with Crippen LogP contribution in [0.15, 0.2) is 29.3 Å². The van der Waals surface area contributed by atoms with Gasteiger partial charge in [-0.05, 0) is 6.07 Å². The molecule has 15 heavy (non-hydrogen) atoms. The molecular weight excluding hydrogens is 218 g/mol. The maximum atomic E-state index is 10.9. The van der Waals surface area contributed by atoms with Gasteiger partial charge in [-0.25, -0.2) is 10.2 Å². The second-order valence-corrected chi connectivity index (χ2v) is 2.88. The average Bonchev–Trinajstić information content (AvgIpc) is 2.25. The molecule has 78 valence electrons. The number of carbonyl (C=O) groups is 2. The number of hydrogen-bond acceptors (Lipinski definition) is 2. The van der Waals surface area contributed by atoms with Crippen molar-refractivity contribution in [2.45, 2.75) is 0 Å². The number of aliphatic imine (C=N–C) groups is 1. The fourth-order valence-corrected chi connectivity index (χ4v) is 1.02. The molecule has 0 atom stereocenters. The number of hydrazine groups is 1. The fourth-order valence-electron chi connectivity index (χ4n) is 0.831. The summed E-state index contributed by atoms with van der Waals surface area (Å²) in [5, 5.41) is 0.498. The highest BCUT2D eigenvalue weighted by Gasteiger charge is 1.96. The summed E-state index contributed by atoms with van der Waals surface area (Å²) < 4.78 is 0. The average molecular weight is 226 g/mol. The Balaban J connectivity index is 2.61. The predicted octanol–water partition coefficient (Wildman–Crippen LogP) is 1.13. The van der Waals surface area contributed by atoms with Crippen molar-refractivity contribution in [2.24, 2.45) is 4.99 Å². The molecule has 0 spiro atoms. The van der Waals surface area contributed by atoms with Gasteiger partial charge in [-0.2, -0.15) is 4.99 Å². The number of nitrogens with one attached hydrogen (secondary N) is 2. The first kappa shape index (κ1) is 11.2. The van der Waals surface area contributed by atoms with Gasteiger partial charge in [0.05, 0.1) is 0 Å². The molecule has 0 bridgehead atoms. The zero-order valence-corrected chi connectivity index (χ0v) is 8.36. The summed E-state index contributed by atoms with van der Waals surface area (Å²) in [6.45, 7) is 0. The van der Waals surface area contributed by atoms with Crippen LogP contribution < -0.4 is 10.9 Å². The highest BCUT2D eigenvalue weighted by molar-refractivity contribution is 6.33. The van der Waals surface area contributed by atoms with E-state index >= 15 is 0 Å². The zero-order chi connectivity index (χ0) is 11.1. The van der Waals surface area contributed by atoms with Gasteiger partial charge in [-0.15, -0.1) is 0 Å². The molecule has 2 N–H and O–H groups in total. The number of amides is 3. The summed E-state index contributed by atoms with van der Waals surface area (Å²) in [5.74, 6) is 0. The van der Waals surface area contributed by atoms with E-state index in [1.807, 2.05) is 10.9 Å². The zero-order valence-electron chi connectivity index (χ0n) is 7.61. The van der Waals surface area contributed by atoms with Crippen molar-refractivity contribution in [2.75, 3.05) is 0 Å². The van der Waals surface area contributed by atoms with E-state index < -0.39 is 6.03 Å². The molecule has 0 unspecified atom stereocenters. The normalized spacial score (nSPS) is 9.93. The molecular formula is C9H8ClN3O2. The third-order valence-electron chi connectivity index (χ3n) is 1.46. The molecule has 1 aromatic rings. The van der Waals surface area contributed by atoms with Crippen LogP contribution in [0.3, 0.4) is 0 Å². The van der Waals surface area contributed by atoms with Gasteiger partial charge in [0.25, 0.3) is 0 Å². The Labute approximate surface area is 91.1 Å². The van der Waals surface area contributed by atoms with Gasteiger partial charge in [0.15, 0.2) is 0 Å². The highest BCUT2D eigenvalue weighted by atomic mass is 35.5. The molecule has 0 aliphatic heterocycles. The van der Waals surface area contributed by atoms with Crippen molar-refractivity contribution in [3.8, 4) is 0 Å². The molecule has 3 amide bonds. The van der Waals surface area contributed by atoms with Gasteiger partial charge < -0.3 is 0 Å². The monoisotopic (exact) mass is 225 g/mol. The fraction of sp³-hybridized carbons (Fsp3) is 0. The second kappa shape index (κ2) is 5.77. The molecule has 0 saturated carbocycles. The van der Waals surface area contributed by atoms with E-state index in [1.54, 1.807) is 24.3 Å². The van der Waals surface area contributed by atoms with Gasteiger partial charge in [0, 0.05) is 16.8 Å². The number of halogens is 1. The summed E-state index contributed by atoms with van der Waals surface area (Å²) >= 11 is 5.82. The first-order valence-electron chi connectivity index (χ1n) is 4.02. The Morgan fingerprint density at radius 3 is 2.80 bits per heavy atom. The molecule has 0 radical (unpaired) electrons. The van der Waals surface area contributed by atoms with Crippen molar-refractivity contribution < 1.29 is 9.59 Å². The Kier molecular flexibility index (Phi) is 4.30. The topological polar surface area (TPSA) is 70.6 Å². The Morgan fingerprint density at radius 2 is 2.13 bits per heavy atom. The number of urea groups is 1. The van der Waals surface area contributed by atoms with E-state index in [-0.39, 0.29) is 0 Å². The summed E-state index contributed by atoms with van der Waals surface area (Å²) in [6, 6.07) is 6.27. The van der Waals surface area contributed by atoms with Crippen molar-refractivity contribution in [1.29, 1.82) is 0 Å². The van der Waals surface area contributed by atoms with Crippen LogP contribution in [0.5, 0.6) is 0 Å². The van der Waals surface area contributed by atoms with E-state index in [0.29, 0.717) is 17.0 Å².